The Labute approximate surface area is 114 Å². The van der Waals surface area contributed by atoms with E-state index < -0.39 is 0 Å². The lowest BCUT2D eigenvalue weighted by Crippen LogP contribution is -2.51. The summed E-state index contributed by atoms with van der Waals surface area (Å²) in [6.07, 6.45) is 0.909. The van der Waals surface area contributed by atoms with E-state index >= 15 is 0 Å². The number of ether oxygens (including phenoxy) is 1. The monoisotopic (exact) mass is 266 g/mol. The van der Waals surface area contributed by atoms with Gasteiger partial charge in [0.15, 0.2) is 0 Å². The van der Waals surface area contributed by atoms with E-state index in [1.54, 1.807) is 7.11 Å². The molecule has 0 saturated carbocycles. The normalized spacial score (nSPS) is 22.7. The predicted molar refractivity (Wildman–Crippen MR) is 78.4 cm³/mol. The lowest BCUT2D eigenvalue weighted by Gasteiger charge is -2.36. The molecule has 1 saturated heterocycles. The van der Waals surface area contributed by atoms with Gasteiger partial charge in [-0.05, 0) is 31.2 Å². The van der Waals surface area contributed by atoms with Gasteiger partial charge < -0.3 is 15.4 Å². The highest BCUT2D eigenvalue weighted by atomic mass is 32.2. The first-order valence-electron chi connectivity index (χ1n) is 6.37. The SMILES string of the molecule is COc1cccc(CC(N)C2CSCCN2C)c1. The fraction of sp³-hybridized carbons (Fsp3) is 0.571. The smallest absolute Gasteiger partial charge is 0.119 e. The van der Waals surface area contributed by atoms with E-state index in [0.717, 1.165) is 24.5 Å². The first-order chi connectivity index (χ1) is 8.70. The molecule has 4 heteroatoms. The third-order valence-corrected chi connectivity index (χ3v) is 4.59. The molecule has 3 nitrogen and oxygen atoms in total. The first kappa shape index (κ1) is 13.7. The van der Waals surface area contributed by atoms with Gasteiger partial charge in [0, 0.05) is 30.1 Å². The topological polar surface area (TPSA) is 38.5 Å². The summed E-state index contributed by atoms with van der Waals surface area (Å²) in [5.74, 6) is 3.27. The maximum Gasteiger partial charge on any atom is 0.119 e. The highest BCUT2D eigenvalue weighted by Gasteiger charge is 2.25. The van der Waals surface area contributed by atoms with Crippen LogP contribution in [0.3, 0.4) is 0 Å². The third kappa shape index (κ3) is 3.40. The van der Waals surface area contributed by atoms with Crippen LogP contribution in [-0.2, 0) is 6.42 Å². The van der Waals surface area contributed by atoms with Crippen molar-refractivity contribution in [2.24, 2.45) is 5.73 Å². The maximum atomic E-state index is 6.37. The van der Waals surface area contributed by atoms with Gasteiger partial charge in [-0.3, -0.25) is 0 Å². The number of likely N-dealkylation sites (N-methyl/N-ethyl adjacent to an activating group) is 1. The maximum absolute atomic E-state index is 6.37. The second-order valence-corrected chi connectivity index (χ2v) is 5.99. The van der Waals surface area contributed by atoms with Crippen LogP contribution in [0.15, 0.2) is 24.3 Å². The van der Waals surface area contributed by atoms with E-state index in [1.807, 2.05) is 23.9 Å². The van der Waals surface area contributed by atoms with Crippen molar-refractivity contribution < 1.29 is 4.74 Å². The van der Waals surface area contributed by atoms with Gasteiger partial charge in [-0.2, -0.15) is 11.8 Å². The molecule has 2 unspecified atom stereocenters. The molecular formula is C14H22N2OS. The highest BCUT2D eigenvalue weighted by Crippen LogP contribution is 2.20. The molecule has 0 amide bonds. The Kier molecular flexibility index (Phi) is 4.92. The zero-order valence-electron chi connectivity index (χ0n) is 11.1. The fourth-order valence-electron chi connectivity index (χ4n) is 2.36. The average molecular weight is 266 g/mol. The molecule has 0 aliphatic carbocycles. The molecule has 1 fully saturated rings. The largest absolute Gasteiger partial charge is 0.497 e. The number of hydrogen-bond acceptors (Lipinski definition) is 4. The first-order valence-corrected chi connectivity index (χ1v) is 7.52. The summed E-state index contributed by atoms with van der Waals surface area (Å²) in [4.78, 5) is 2.39. The van der Waals surface area contributed by atoms with Gasteiger partial charge in [0.25, 0.3) is 0 Å². The van der Waals surface area contributed by atoms with Crippen molar-refractivity contribution in [2.75, 3.05) is 32.2 Å². The van der Waals surface area contributed by atoms with Gasteiger partial charge in [0.1, 0.15) is 5.75 Å². The van der Waals surface area contributed by atoms with Gasteiger partial charge in [0.05, 0.1) is 7.11 Å². The standard InChI is InChI=1S/C14H22N2OS/c1-16-6-7-18-10-14(16)13(15)9-11-4-3-5-12(8-11)17-2/h3-5,8,13-14H,6-7,9-10,15H2,1-2H3. The quantitative estimate of drug-likeness (QED) is 0.898. The molecule has 18 heavy (non-hydrogen) atoms. The number of methoxy groups -OCH3 is 1. The Morgan fingerprint density at radius 1 is 1.56 bits per heavy atom. The molecular weight excluding hydrogens is 244 g/mol. The van der Waals surface area contributed by atoms with Crippen LogP contribution in [0.2, 0.25) is 0 Å². The molecule has 0 bridgehead atoms. The van der Waals surface area contributed by atoms with Crippen LogP contribution in [0.25, 0.3) is 0 Å². The summed E-state index contributed by atoms with van der Waals surface area (Å²) >= 11 is 2.01. The minimum atomic E-state index is 0.190. The minimum absolute atomic E-state index is 0.190. The van der Waals surface area contributed by atoms with Crippen LogP contribution in [0, 0.1) is 0 Å². The molecule has 2 N–H and O–H groups in total. The Hall–Kier alpha value is -0.710. The number of hydrogen-bond donors (Lipinski definition) is 1. The van der Waals surface area contributed by atoms with E-state index in [4.69, 9.17) is 10.5 Å². The van der Waals surface area contributed by atoms with E-state index in [0.29, 0.717) is 6.04 Å². The number of thioether (sulfide) groups is 1. The average Bonchev–Trinajstić information content (AvgIpc) is 2.39. The molecule has 1 aromatic rings. The number of nitrogens with zero attached hydrogens (tertiary/aromatic N) is 1. The van der Waals surface area contributed by atoms with Crippen molar-refractivity contribution in [2.45, 2.75) is 18.5 Å². The van der Waals surface area contributed by atoms with E-state index in [-0.39, 0.29) is 6.04 Å². The van der Waals surface area contributed by atoms with Gasteiger partial charge >= 0.3 is 0 Å². The molecule has 1 heterocycles. The van der Waals surface area contributed by atoms with Gasteiger partial charge in [0.2, 0.25) is 0 Å². The molecule has 0 spiro atoms. The van der Waals surface area contributed by atoms with Crippen LogP contribution >= 0.6 is 11.8 Å². The lowest BCUT2D eigenvalue weighted by molar-refractivity contribution is 0.235. The molecule has 0 aromatic heterocycles. The predicted octanol–water partition coefficient (Wildman–Crippen LogP) is 1.61. The van der Waals surface area contributed by atoms with Crippen molar-refractivity contribution in [1.29, 1.82) is 0 Å². The number of benzene rings is 1. The summed E-state index contributed by atoms with van der Waals surface area (Å²) < 4.78 is 5.25. The molecule has 1 aliphatic rings. The molecule has 100 valence electrons. The zero-order valence-corrected chi connectivity index (χ0v) is 12.0. The molecule has 0 radical (unpaired) electrons. The molecule has 1 aliphatic heterocycles. The van der Waals surface area contributed by atoms with E-state index in [1.165, 1.54) is 11.3 Å². The van der Waals surface area contributed by atoms with Crippen molar-refractivity contribution >= 4 is 11.8 Å². The summed E-state index contributed by atoms with van der Waals surface area (Å²) in [5, 5.41) is 0. The van der Waals surface area contributed by atoms with Crippen molar-refractivity contribution in [1.82, 2.24) is 4.90 Å². The van der Waals surface area contributed by atoms with Crippen molar-refractivity contribution in [3.8, 4) is 5.75 Å². The second-order valence-electron chi connectivity index (χ2n) is 4.84. The Balaban J connectivity index is 1.98. The van der Waals surface area contributed by atoms with Gasteiger partial charge in [-0.1, -0.05) is 12.1 Å². The van der Waals surface area contributed by atoms with E-state index in [9.17, 15) is 0 Å². The summed E-state index contributed by atoms with van der Waals surface area (Å²) in [7, 11) is 3.88. The van der Waals surface area contributed by atoms with Crippen LogP contribution < -0.4 is 10.5 Å². The van der Waals surface area contributed by atoms with Crippen LogP contribution in [-0.4, -0.2) is 49.2 Å². The summed E-state index contributed by atoms with van der Waals surface area (Å²) in [6, 6.07) is 8.87. The zero-order chi connectivity index (χ0) is 13.0. The Bertz CT molecular complexity index is 386. The number of nitrogens with two attached hydrogens (primary N) is 1. The highest BCUT2D eigenvalue weighted by molar-refractivity contribution is 7.99. The number of rotatable bonds is 4. The van der Waals surface area contributed by atoms with Gasteiger partial charge in [-0.15, -0.1) is 0 Å². The third-order valence-electron chi connectivity index (χ3n) is 3.54. The second kappa shape index (κ2) is 6.45. The van der Waals surface area contributed by atoms with Crippen LogP contribution in [0.1, 0.15) is 5.56 Å². The van der Waals surface area contributed by atoms with Crippen molar-refractivity contribution in [3.63, 3.8) is 0 Å². The lowest BCUT2D eigenvalue weighted by atomic mass is 10.00. The summed E-state index contributed by atoms with van der Waals surface area (Å²) in [5.41, 5.74) is 7.62. The Morgan fingerprint density at radius 2 is 2.39 bits per heavy atom. The molecule has 1 aromatic carbocycles. The van der Waals surface area contributed by atoms with Crippen molar-refractivity contribution in [3.05, 3.63) is 29.8 Å². The molecule has 2 rings (SSSR count). The van der Waals surface area contributed by atoms with E-state index in [2.05, 4.69) is 24.1 Å². The van der Waals surface area contributed by atoms with Crippen LogP contribution in [0.5, 0.6) is 5.75 Å². The fourth-order valence-corrected chi connectivity index (χ4v) is 3.69. The van der Waals surface area contributed by atoms with Gasteiger partial charge in [-0.25, -0.2) is 0 Å². The Morgan fingerprint density at radius 3 is 3.11 bits per heavy atom. The summed E-state index contributed by atoms with van der Waals surface area (Å²) in [6.45, 7) is 1.14. The molecule has 2 atom stereocenters. The minimum Gasteiger partial charge on any atom is -0.497 e. The van der Waals surface area contributed by atoms with Crippen LogP contribution in [0.4, 0.5) is 0 Å².